The van der Waals surface area contributed by atoms with Gasteiger partial charge in [0.2, 0.25) is 0 Å². The van der Waals surface area contributed by atoms with Gasteiger partial charge in [0, 0.05) is 28.7 Å². The lowest BCUT2D eigenvalue weighted by atomic mass is 9.94. The second kappa shape index (κ2) is 10.6. The topological polar surface area (TPSA) is 32.8 Å². The minimum atomic E-state index is -0.0284. The normalized spacial score (nSPS) is 18.5. The van der Waals surface area contributed by atoms with Crippen LogP contribution in [0.15, 0.2) is 45.0 Å². The lowest BCUT2D eigenvalue weighted by Gasteiger charge is -2.30. The molecule has 4 nitrogen and oxygen atoms in total. The van der Waals surface area contributed by atoms with E-state index in [1.165, 1.54) is 6.42 Å². The molecule has 1 aliphatic heterocycles. The second-order valence-corrected chi connectivity index (χ2v) is 11.1. The molecule has 0 bridgehead atoms. The predicted molar refractivity (Wildman–Crippen MR) is 145 cm³/mol. The van der Waals surface area contributed by atoms with Crippen LogP contribution >= 0.6 is 67.3 Å². The van der Waals surface area contributed by atoms with Gasteiger partial charge in [-0.3, -0.25) is 9.69 Å². The Morgan fingerprint density at radius 1 is 1.12 bits per heavy atom. The molecule has 1 amide bonds. The highest BCUT2D eigenvalue weighted by Crippen LogP contribution is 2.37. The Morgan fingerprint density at radius 3 is 2.42 bits per heavy atom. The quantitative estimate of drug-likeness (QED) is 0.248. The van der Waals surface area contributed by atoms with Gasteiger partial charge in [-0.25, -0.2) is 0 Å². The summed E-state index contributed by atoms with van der Waals surface area (Å²) in [7, 11) is 1.85. The van der Waals surface area contributed by atoms with Crippen LogP contribution in [0.1, 0.15) is 43.2 Å². The van der Waals surface area contributed by atoms with Crippen molar-refractivity contribution in [3.8, 4) is 5.75 Å². The molecule has 0 spiro atoms. The lowest BCUT2D eigenvalue weighted by Crippen LogP contribution is -2.41. The molecule has 2 aliphatic rings. The third kappa shape index (κ3) is 5.43. The van der Waals surface area contributed by atoms with Crippen LogP contribution in [0.2, 0.25) is 10.0 Å². The van der Waals surface area contributed by atoms with Gasteiger partial charge in [0.05, 0.1) is 8.95 Å². The molecule has 9 heteroatoms. The van der Waals surface area contributed by atoms with E-state index in [4.69, 9.17) is 40.2 Å². The average Bonchev–Trinajstić information content (AvgIpc) is 2.98. The maximum absolute atomic E-state index is 13.2. The summed E-state index contributed by atoms with van der Waals surface area (Å²) in [6, 6.07) is 9.35. The number of likely N-dealkylation sites (N-methyl/N-ethyl adjacent to an activating group) is 1. The number of hydrogen-bond donors (Lipinski definition) is 0. The summed E-state index contributed by atoms with van der Waals surface area (Å²) >= 11 is 25.0. The number of thiocarbonyl (C=S) groups is 1. The Balaban J connectivity index is 1.54. The summed E-state index contributed by atoms with van der Waals surface area (Å²) in [5.74, 6) is 0.618. The van der Waals surface area contributed by atoms with Crippen molar-refractivity contribution in [2.24, 2.45) is 0 Å². The molecule has 0 aromatic heterocycles. The third-order valence-corrected chi connectivity index (χ3v) is 8.18. The molecule has 4 rings (SSSR count). The second-order valence-electron chi connectivity index (χ2n) is 8.18. The van der Waals surface area contributed by atoms with Crippen molar-refractivity contribution in [2.75, 3.05) is 7.05 Å². The van der Waals surface area contributed by atoms with Gasteiger partial charge in [-0.05, 0) is 92.8 Å². The molecule has 2 aromatic rings. The maximum atomic E-state index is 13.2. The molecule has 1 heterocycles. The van der Waals surface area contributed by atoms with Crippen LogP contribution in [-0.2, 0) is 11.4 Å². The van der Waals surface area contributed by atoms with Crippen LogP contribution in [0.3, 0.4) is 0 Å². The fourth-order valence-corrected chi connectivity index (χ4v) is 6.43. The van der Waals surface area contributed by atoms with E-state index in [1.54, 1.807) is 21.9 Å². The van der Waals surface area contributed by atoms with E-state index < -0.39 is 0 Å². The Bertz CT molecular complexity index is 1110. The monoisotopic (exact) mass is 630 g/mol. The minimum absolute atomic E-state index is 0.0284. The number of benzene rings is 2. The maximum Gasteiger partial charge on any atom is 0.277 e. The number of rotatable bonds is 5. The predicted octanol–water partition coefficient (Wildman–Crippen LogP) is 7.83. The Kier molecular flexibility index (Phi) is 8.06. The molecule has 174 valence electrons. The molecule has 0 atom stereocenters. The molecule has 0 radical (unpaired) electrons. The van der Waals surface area contributed by atoms with Gasteiger partial charge in [-0.2, -0.15) is 0 Å². The van der Waals surface area contributed by atoms with Crippen molar-refractivity contribution >= 4 is 84.4 Å². The SMILES string of the molecule is CN1C(=S)N(C2CCCCC2)C(=O)/C1=C/c1cc(Br)c(OCc2ccc(Cl)cc2Cl)c(Br)c1. The van der Waals surface area contributed by atoms with Crippen molar-refractivity contribution < 1.29 is 9.53 Å². The first-order chi connectivity index (χ1) is 15.8. The van der Waals surface area contributed by atoms with E-state index in [9.17, 15) is 4.79 Å². The fraction of sp³-hybridized carbons (Fsp3) is 0.333. The van der Waals surface area contributed by atoms with Crippen LogP contribution in [0.25, 0.3) is 6.08 Å². The molecule has 2 aromatic carbocycles. The number of nitrogens with zero attached hydrogens (tertiary/aromatic N) is 2. The van der Waals surface area contributed by atoms with Gasteiger partial charge in [-0.1, -0.05) is 48.5 Å². The van der Waals surface area contributed by atoms with Crippen molar-refractivity contribution in [1.29, 1.82) is 0 Å². The number of ether oxygens (including phenoxy) is 1. The van der Waals surface area contributed by atoms with Gasteiger partial charge in [0.1, 0.15) is 18.1 Å². The first-order valence-electron chi connectivity index (χ1n) is 10.6. The zero-order valence-corrected chi connectivity index (χ0v) is 23.4. The largest absolute Gasteiger partial charge is 0.486 e. The molecule has 1 saturated heterocycles. The molecule has 1 saturated carbocycles. The van der Waals surface area contributed by atoms with Gasteiger partial charge >= 0.3 is 0 Å². The summed E-state index contributed by atoms with van der Waals surface area (Å²) in [6.45, 7) is 0.291. The lowest BCUT2D eigenvalue weighted by molar-refractivity contribution is -0.124. The standard InChI is InChI=1S/C24H22Br2Cl2N2O2S/c1-29-21(23(31)30(24(29)33)17-5-3-2-4-6-17)11-14-9-18(25)22(19(26)10-14)32-13-15-7-8-16(27)12-20(15)28/h7-12,17H,2-6,13H2,1H3/b21-11-. The third-order valence-electron chi connectivity index (χ3n) is 5.94. The number of hydrogen-bond acceptors (Lipinski definition) is 3. The average molecular weight is 633 g/mol. The number of carbonyl (C=O) groups excluding carboxylic acids is 1. The van der Waals surface area contributed by atoms with Crippen LogP contribution in [0.5, 0.6) is 5.75 Å². The molecular formula is C24H22Br2Cl2N2O2S. The fourth-order valence-electron chi connectivity index (χ4n) is 4.19. The van der Waals surface area contributed by atoms with E-state index in [0.29, 0.717) is 33.2 Å². The van der Waals surface area contributed by atoms with Crippen LogP contribution in [-0.4, -0.2) is 33.9 Å². The first kappa shape index (κ1) is 25.0. The highest BCUT2D eigenvalue weighted by atomic mass is 79.9. The van der Waals surface area contributed by atoms with Gasteiger partial charge in [-0.15, -0.1) is 0 Å². The van der Waals surface area contributed by atoms with Crippen molar-refractivity contribution in [1.82, 2.24) is 9.80 Å². The summed E-state index contributed by atoms with van der Waals surface area (Å²) in [5, 5.41) is 1.71. The highest BCUT2D eigenvalue weighted by Gasteiger charge is 2.40. The Morgan fingerprint density at radius 2 is 1.79 bits per heavy atom. The van der Waals surface area contributed by atoms with Crippen LogP contribution < -0.4 is 4.74 Å². The van der Waals surface area contributed by atoms with E-state index in [1.807, 2.05) is 31.3 Å². The van der Waals surface area contributed by atoms with Crippen molar-refractivity contribution in [3.63, 3.8) is 0 Å². The van der Waals surface area contributed by atoms with E-state index in [2.05, 4.69) is 31.9 Å². The van der Waals surface area contributed by atoms with Crippen LogP contribution in [0, 0.1) is 0 Å². The van der Waals surface area contributed by atoms with Gasteiger partial charge in [0.15, 0.2) is 5.11 Å². The van der Waals surface area contributed by atoms with Crippen molar-refractivity contribution in [3.05, 3.63) is 66.1 Å². The Hall–Kier alpha value is -1.12. The molecule has 0 unspecified atom stereocenters. The number of carbonyl (C=O) groups is 1. The minimum Gasteiger partial charge on any atom is -0.486 e. The number of halogens is 4. The van der Waals surface area contributed by atoms with E-state index >= 15 is 0 Å². The molecule has 2 fully saturated rings. The van der Waals surface area contributed by atoms with Crippen LogP contribution in [0.4, 0.5) is 0 Å². The van der Waals surface area contributed by atoms with E-state index in [-0.39, 0.29) is 11.9 Å². The van der Waals surface area contributed by atoms with E-state index in [0.717, 1.165) is 45.8 Å². The summed E-state index contributed by atoms with van der Waals surface area (Å²) < 4.78 is 7.52. The zero-order valence-electron chi connectivity index (χ0n) is 17.9. The molecular weight excluding hydrogens is 611 g/mol. The molecule has 1 aliphatic carbocycles. The van der Waals surface area contributed by atoms with Gasteiger partial charge < -0.3 is 9.64 Å². The molecule has 0 N–H and O–H groups in total. The number of amides is 1. The first-order valence-corrected chi connectivity index (χ1v) is 13.4. The summed E-state index contributed by atoms with van der Waals surface area (Å²) in [6.07, 6.45) is 7.39. The smallest absolute Gasteiger partial charge is 0.277 e. The summed E-state index contributed by atoms with van der Waals surface area (Å²) in [4.78, 5) is 16.9. The Labute approximate surface area is 226 Å². The zero-order chi connectivity index (χ0) is 23.7. The summed E-state index contributed by atoms with van der Waals surface area (Å²) in [5.41, 5.74) is 2.26. The van der Waals surface area contributed by atoms with Crippen molar-refractivity contribution in [2.45, 2.75) is 44.8 Å². The highest BCUT2D eigenvalue weighted by molar-refractivity contribution is 9.11. The molecule has 33 heavy (non-hydrogen) atoms. The van der Waals surface area contributed by atoms with Gasteiger partial charge in [0.25, 0.3) is 5.91 Å².